The molecular weight excluding hydrogens is 1470 g/mol. The number of carbonyl (C=O) groups is 4. The first-order chi connectivity index (χ1) is 51.2. The molecule has 28 heteroatoms. The van der Waals surface area contributed by atoms with E-state index >= 15 is 0 Å². The van der Waals surface area contributed by atoms with Gasteiger partial charge in [0.15, 0.2) is 46.4 Å². The van der Waals surface area contributed by atoms with Crippen LogP contribution in [0.25, 0.3) is 27.2 Å². The van der Waals surface area contributed by atoms with E-state index in [9.17, 15) is 24.3 Å². The zero-order chi connectivity index (χ0) is 77.6. The summed E-state index contributed by atoms with van der Waals surface area (Å²) in [6, 6.07) is 34.7. The fourth-order valence-electron chi connectivity index (χ4n) is 15.6. The first-order valence-corrected chi connectivity index (χ1v) is 44.8. The van der Waals surface area contributed by atoms with E-state index in [2.05, 4.69) is 147 Å². The second-order valence-electron chi connectivity index (χ2n) is 29.3. The van der Waals surface area contributed by atoms with E-state index in [0.717, 1.165) is 9.80 Å². The maximum Gasteiger partial charge on any atom is 0.266 e. The molecule has 0 bridgehead atoms. The van der Waals surface area contributed by atoms with Crippen LogP contribution in [0.3, 0.4) is 0 Å². The number of benzene rings is 4. The van der Waals surface area contributed by atoms with E-state index in [1.807, 2.05) is 23.6 Å². The quantitative estimate of drug-likeness (QED) is 0.0103. The van der Waals surface area contributed by atoms with Crippen LogP contribution in [0.2, 0.25) is 33.2 Å². The molecule has 6 heterocycles. The van der Waals surface area contributed by atoms with Crippen LogP contribution in [0.5, 0.6) is 0 Å². The molecule has 3 unspecified atom stereocenters. The van der Waals surface area contributed by atoms with E-state index in [0.29, 0.717) is 91.5 Å². The summed E-state index contributed by atoms with van der Waals surface area (Å²) < 4.78 is 46.9. The molecule has 23 nitrogen and oxygen atoms in total. The number of nitrogens with zero attached hydrogens (tertiary/aromatic N) is 12. The highest BCUT2D eigenvalue weighted by Gasteiger charge is 2.52. The maximum atomic E-state index is 14.3. The summed E-state index contributed by atoms with van der Waals surface area (Å²) in [7, 11) is -5.98. The minimum absolute atomic E-state index is 0. The van der Waals surface area contributed by atoms with Gasteiger partial charge in [-0.15, -0.1) is 23.5 Å². The lowest BCUT2D eigenvalue weighted by Gasteiger charge is -2.42. The van der Waals surface area contributed by atoms with E-state index in [4.69, 9.17) is 43.9 Å². The van der Waals surface area contributed by atoms with Crippen LogP contribution in [0, 0.1) is 6.57 Å². The Bertz CT molecular complexity index is 4100. The number of thioether (sulfide) groups is 2. The smallest absolute Gasteiger partial charge is 0.266 e. The van der Waals surface area contributed by atoms with Crippen molar-refractivity contribution >= 4 is 106 Å². The molecule has 2 fully saturated rings. The summed E-state index contributed by atoms with van der Waals surface area (Å²) in [4.78, 5) is 89.7. The summed E-state index contributed by atoms with van der Waals surface area (Å²) in [6.45, 7) is 47.6. The standard InChI is InChI=1S/C44H62N7O6PSSi.C35H45N5O5SSi.2CH4/c1-13-36-38(57-58(54-25-24-45-12)51(29(2)3)30(4)5)39(59-28-55-60(31(6)7,32(8)9)33(10)11)44(56-36)49-27-48-37-40(49)46-26-47-41(37)50(42(52)34-20-16-14-17-21-34)43(53)35-22-18-15-19-23-35;1-8-27-29(41)30(46-21-44-47(22(2)3,23(4)5)24(6)7)35(45-27)39-20-38-28-31(39)36-19-37-32(28)40(33(42)25-15-11-9-12-16-25)34(43)26-17-13-10-14-18-26;;/h14-23,26-27,29-33,36,38-39,44H,13,24-25,28H2,1-11H3;9-20,22-24,27,29-30,35,41H,8,21H2,1-7H3;2*1H4/t36-,38+,39?,44-,58?;27-,29+,30?,35-;;/m11../s1. The number of aromatic nitrogens is 8. The van der Waals surface area contributed by atoms with Crippen LogP contribution in [-0.4, -0.2) is 161 Å². The summed E-state index contributed by atoms with van der Waals surface area (Å²) in [5, 5.41) is 10.7. The average molecular weight is 1580 g/mol. The molecule has 10 rings (SSSR count). The summed E-state index contributed by atoms with van der Waals surface area (Å²) in [5.74, 6) is -1.17. The molecule has 0 aliphatic carbocycles. The Kier molecular flexibility index (Phi) is 33.1. The number of imidazole rings is 2. The third-order valence-electron chi connectivity index (χ3n) is 20.4. The largest absolute Gasteiger partial charge is 0.407 e. The van der Waals surface area contributed by atoms with Crippen molar-refractivity contribution in [1.29, 1.82) is 0 Å². The third-order valence-corrected chi connectivity index (χ3v) is 37.3. The number of carbonyl (C=O) groups excluding carboxylic acids is 4. The van der Waals surface area contributed by atoms with E-state index in [-0.39, 0.29) is 79.4 Å². The molecule has 2 aliphatic rings. The number of hydrogen-bond donors (Lipinski definition) is 1. The van der Waals surface area contributed by atoms with E-state index in [1.165, 1.54) is 12.7 Å². The molecule has 4 aromatic carbocycles. The van der Waals surface area contributed by atoms with E-state index in [1.54, 1.807) is 150 Å². The molecule has 109 heavy (non-hydrogen) atoms. The number of hydrogen-bond acceptors (Lipinski definition) is 20. The Morgan fingerprint density at radius 3 is 1.19 bits per heavy atom. The molecule has 0 radical (unpaired) electrons. The number of rotatable bonds is 32. The van der Waals surface area contributed by atoms with Crippen LogP contribution < -0.4 is 9.80 Å². The molecule has 4 aromatic heterocycles. The molecule has 2 aliphatic heterocycles. The monoisotopic (exact) mass is 1580 g/mol. The van der Waals surface area contributed by atoms with Gasteiger partial charge in [-0.1, -0.05) is 185 Å². The number of imide groups is 2. The van der Waals surface area contributed by atoms with Crippen LogP contribution in [0.4, 0.5) is 11.6 Å². The first kappa shape index (κ1) is 89.2. The Labute approximate surface area is 657 Å². The van der Waals surface area contributed by atoms with Crippen LogP contribution in [-0.2, 0) is 27.4 Å². The van der Waals surface area contributed by atoms with Gasteiger partial charge in [-0.3, -0.25) is 28.3 Å². The minimum atomic E-state index is -2.25. The van der Waals surface area contributed by atoms with Crippen LogP contribution in [0.1, 0.15) is 206 Å². The zero-order valence-electron chi connectivity index (χ0n) is 65.0. The molecule has 0 spiro atoms. The Morgan fingerprint density at radius 1 is 0.523 bits per heavy atom. The number of fused-ring (bicyclic) bond motifs is 2. The van der Waals surface area contributed by atoms with Gasteiger partial charge in [0, 0.05) is 34.3 Å². The summed E-state index contributed by atoms with van der Waals surface area (Å²) in [6.07, 6.45) is 3.98. The number of anilines is 2. The van der Waals surface area contributed by atoms with Crippen molar-refractivity contribution in [3.63, 3.8) is 0 Å². The topological polar surface area (TPSA) is 245 Å². The maximum absolute atomic E-state index is 14.3. The average Bonchev–Trinajstić information content (AvgIpc) is 1.63. The van der Waals surface area contributed by atoms with Crippen molar-refractivity contribution in [3.8, 4) is 0 Å². The fraction of sp³-hybridized carbons (Fsp3) is 0.519. The first-order valence-electron chi connectivity index (χ1n) is 37.3. The Morgan fingerprint density at radius 2 is 0.862 bits per heavy atom. The van der Waals surface area contributed by atoms with Crippen LogP contribution in [0.15, 0.2) is 147 Å². The lowest BCUT2D eigenvalue weighted by molar-refractivity contribution is -0.0180. The molecule has 590 valence electrons. The number of amides is 4. The summed E-state index contributed by atoms with van der Waals surface area (Å²) >= 11 is 3.21. The molecule has 0 saturated carbocycles. The van der Waals surface area contributed by atoms with Crippen molar-refractivity contribution in [2.75, 3.05) is 34.8 Å². The van der Waals surface area contributed by atoms with Gasteiger partial charge in [0.25, 0.3) is 32.2 Å². The second-order valence-corrected chi connectivity index (χ2v) is 43.9. The second kappa shape index (κ2) is 40.5. The molecular formula is C81H115N12O11PS2Si2. The van der Waals surface area contributed by atoms with Crippen molar-refractivity contribution in [3.05, 3.63) is 180 Å². The van der Waals surface area contributed by atoms with Crippen molar-refractivity contribution in [2.24, 2.45) is 0 Å². The fourth-order valence-corrected chi connectivity index (χ4v) is 31.5. The molecule has 4 amide bonds. The molecule has 1 N–H and O–H groups in total. The van der Waals surface area contributed by atoms with Gasteiger partial charge >= 0.3 is 0 Å². The highest BCUT2D eigenvalue weighted by Crippen LogP contribution is 2.54. The van der Waals surface area contributed by atoms with Crippen molar-refractivity contribution in [2.45, 2.75) is 245 Å². The minimum Gasteiger partial charge on any atom is -0.407 e. The van der Waals surface area contributed by atoms with Gasteiger partial charge < -0.3 is 37.3 Å². The predicted molar refractivity (Wildman–Crippen MR) is 445 cm³/mol. The number of aliphatic hydroxyl groups excluding tert-OH is 1. The highest BCUT2D eigenvalue weighted by atomic mass is 32.2. The third kappa shape index (κ3) is 19.4. The number of aliphatic hydroxyl groups is 1. The Hall–Kier alpha value is -7.01. The SMILES string of the molecule is C.C.CC[C@H]1O[C@@H](n2cnc3c(N(C(=O)c4ccccc4)C(=O)c4ccccc4)ncnc32)C(SCO[Si](C(C)C)(C(C)C)C(C)C)[C@H]1O.[C-]#[N+]CCOP(O[C@@H]1C(SCO[Si](C(C)C)(C(C)C)C(C)C)[C@H](n2cnc3c(N(C(=O)c4ccccc4)C(=O)c4ccccc4)ncnc32)O[C@@H]1CC)N(C(C)C)C(C)C. The van der Waals surface area contributed by atoms with Crippen molar-refractivity contribution < 1.29 is 51.7 Å². The van der Waals surface area contributed by atoms with Gasteiger partial charge in [0.2, 0.25) is 23.2 Å². The lowest BCUT2D eigenvalue weighted by atomic mass is 10.1. The predicted octanol–water partition coefficient (Wildman–Crippen LogP) is 19.0. The van der Waals surface area contributed by atoms with Crippen molar-refractivity contribution in [1.82, 2.24) is 43.7 Å². The normalized spacial score (nSPS) is 19.1. The van der Waals surface area contributed by atoms with Gasteiger partial charge in [-0.25, -0.2) is 50.9 Å². The van der Waals surface area contributed by atoms with Crippen LogP contribution >= 0.6 is 32.0 Å². The van der Waals surface area contributed by atoms with Gasteiger partial charge in [-0.2, -0.15) is 0 Å². The lowest BCUT2D eigenvalue weighted by Crippen LogP contribution is -2.48. The van der Waals surface area contributed by atoms with Gasteiger partial charge in [0.1, 0.15) is 25.4 Å². The van der Waals surface area contributed by atoms with Gasteiger partial charge in [-0.05, 0) is 122 Å². The Balaban J connectivity index is 0.000000306. The summed E-state index contributed by atoms with van der Waals surface area (Å²) in [5.41, 5.74) is 5.11. The highest BCUT2D eigenvalue weighted by molar-refractivity contribution is 8.00. The molecule has 2 saturated heterocycles. The molecule has 8 aromatic rings. The number of ether oxygens (including phenoxy) is 2. The zero-order valence-corrected chi connectivity index (χ0v) is 69.5. The van der Waals surface area contributed by atoms with Gasteiger partial charge in [0.05, 0.1) is 53.3 Å². The van der Waals surface area contributed by atoms with E-state index < -0.39 is 79.6 Å². The molecule has 9 atom stereocenters.